The van der Waals surface area contributed by atoms with Gasteiger partial charge < -0.3 is 19.5 Å². The highest BCUT2D eigenvalue weighted by molar-refractivity contribution is 5.76. The van der Waals surface area contributed by atoms with Gasteiger partial charge in [-0.25, -0.2) is 0 Å². The molecule has 1 atom stereocenters. The van der Waals surface area contributed by atoms with Crippen molar-refractivity contribution in [3.8, 4) is 17.2 Å². The minimum Gasteiger partial charge on any atom is -0.497 e. The van der Waals surface area contributed by atoms with E-state index in [1.807, 2.05) is 62.4 Å². The van der Waals surface area contributed by atoms with Gasteiger partial charge in [0, 0.05) is 6.42 Å². The lowest BCUT2D eigenvalue weighted by molar-refractivity contribution is -0.122. The summed E-state index contributed by atoms with van der Waals surface area (Å²) in [5.41, 5.74) is 1.19. The van der Waals surface area contributed by atoms with Crippen LogP contribution in [-0.2, 0) is 4.79 Å². The fraction of sp³-hybridized carbons (Fsp3) is 0.381. The van der Waals surface area contributed by atoms with E-state index in [0.29, 0.717) is 26.1 Å². The number of hydrogen-bond acceptors (Lipinski definition) is 4. The number of benzene rings is 2. The third-order valence-electron chi connectivity index (χ3n) is 3.80. The molecule has 0 aliphatic heterocycles. The summed E-state index contributed by atoms with van der Waals surface area (Å²) >= 11 is 0. The Morgan fingerprint density at radius 2 is 1.54 bits per heavy atom. The summed E-state index contributed by atoms with van der Waals surface area (Å²) in [7, 11) is 1.63. The molecule has 140 valence electrons. The second-order valence-corrected chi connectivity index (χ2v) is 6.22. The van der Waals surface area contributed by atoms with Crippen LogP contribution >= 0.6 is 0 Å². The largest absolute Gasteiger partial charge is 0.497 e. The Hall–Kier alpha value is -2.69. The van der Waals surface area contributed by atoms with Gasteiger partial charge in [-0.15, -0.1) is 0 Å². The SMILES string of the molecule is COc1ccc(OCCCC(=O)N[C@H](C)COc2ccc(C)cc2)cc1. The molecule has 0 fully saturated rings. The Balaban J connectivity index is 1.59. The topological polar surface area (TPSA) is 56.8 Å². The van der Waals surface area contributed by atoms with Crippen molar-refractivity contribution < 1.29 is 19.0 Å². The van der Waals surface area contributed by atoms with Gasteiger partial charge in [0.1, 0.15) is 23.9 Å². The molecule has 5 nitrogen and oxygen atoms in total. The van der Waals surface area contributed by atoms with E-state index >= 15 is 0 Å². The fourth-order valence-corrected chi connectivity index (χ4v) is 2.34. The van der Waals surface area contributed by atoms with Crippen LogP contribution in [0.3, 0.4) is 0 Å². The molecule has 0 saturated heterocycles. The van der Waals surface area contributed by atoms with Crippen molar-refractivity contribution in [1.82, 2.24) is 5.32 Å². The average Bonchev–Trinajstić information content (AvgIpc) is 2.65. The van der Waals surface area contributed by atoms with E-state index in [2.05, 4.69) is 5.32 Å². The van der Waals surface area contributed by atoms with E-state index in [0.717, 1.165) is 17.2 Å². The molecular weight excluding hydrogens is 330 g/mol. The maximum Gasteiger partial charge on any atom is 0.220 e. The number of hydrogen-bond donors (Lipinski definition) is 1. The van der Waals surface area contributed by atoms with Gasteiger partial charge >= 0.3 is 0 Å². The molecule has 1 amide bonds. The van der Waals surface area contributed by atoms with E-state index < -0.39 is 0 Å². The van der Waals surface area contributed by atoms with Crippen LogP contribution < -0.4 is 19.5 Å². The lowest BCUT2D eigenvalue weighted by Crippen LogP contribution is -2.36. The average molecular weight is 357 g/mol. The lowest BCUT2D eigenvalue weighted by atomic mass is 10.2. The van der Waals surface area contributed by atoms with Crippen LogP contribution in [0, 0.1) is 6.92 Å². The van der Waals surface area contributed by atoms with Crippen molar-refractivity contribution in [3.05, 3.63) is 54.1 Å². The number of carbonyl (C=O) groups excluding carboxylic acids is 1. The zero-order chi connectivity index (χ0) is 18.8. The van der Waals surface area contributed by atoms with Crippen molar-refractivity contribution in [3.63, 3.8) is 0 Å². The number of nitrogens with one attached hydrogen (secondary N) is 1. The van der Waals surface area contributed by atoms with Crippen LogP contribution in [0.5, 0.6) is 17.2 Å². The van der Waals surface area contributed by atoms with Gasteiger partial charge in [-0.2, -0.15) is 0 Å². The van der Waals surface area contributed by atoms with Crippen LogP contribution in [0.2, 0.25) is 0 Å². The maximum absolute atomic E-state index is 12.0. The fourth-order valence-electron chi connectivity index (χ4n) is 2.34. The normalized spacial score (nSPS) is 11.5. The quantitative estimate of drug-likeness (QED) is 0.658. The van der Waals surface area contributed by atoms with Gasteiger partial charge in [-0.3, -0.25) is 4.79 Å². The highest BCUT2D eigenvalue weighted by Crippen LogP contribution is 2.17. The van der Waals surface area contributed by atoms with Gasteiger partial charge in [0.05, 0.1) is 19.8 Å². The van der Waals surface area contributed by atoms with Crippen LogP contribution in [0.15, 0.2) is 48.5 Å². The highest BCUT2D eigenvalue weighted by atomic mass is 16.5. The number of aryl methyl sites for hydroxylation is 1. The molecule has 0 aromatic heterocycles. The summed E-state index contributed by atoms with van der Waals surface area (Å²) < 4.78 is 16.4. The van der Waals surface area contributed by atoms with E-state index in [1.54, 1.807) is 7.11 Å². The molecule has 0 aliphatic rings. The molecule has 26 heavy (non-hydrogen) atoms. The lowest BCUT2D eigenvalue weighted by Gasteiger charge is -2.15. The standard InChI is InChI=1S/C21H27NO4/c1-16-6-8-20(9-7-16)26-15-17(2)22-21(23)5-4-14-25-19-12-10-18(24-3)11-13-19/h6-13,17H,4-5,14-15H2,1-3H3,(H,22,23)/t17-/m1/s1. The first-order chi connectivity index (χ1) is 12.6. The Kier molecular flexibility index (Phi) is 7.80. The molecule has 2 aromatic carbocycles. The van der Waals surface area contributed by atoms with Gasteiger partial charge in [-0.1, -0.05) is 17.7 Å². The number of ether oxygens (including phenoxy) is 3. The second-order valence-electron chi connectivity index (χ2n) is 6.22. The summed E-state index contributed by atoms with van der Waals surface area (Å²) in [5, 5.41) is 2.94. The number of carbonyl (C=O) groups is 1. The molecule has 2 rings (SSSR count). The van der Waals surface area contributed by atoms with Gasteiger partial charge in [0.25, 0.3) is 0 Å². The summed E-state index contributed by atoms with van der Waals surface area (Å²) in [6, 6.07) is 15.2. The maximum atomic E-state index is 12.0. The van der Waals surface area contributed by atoms with Crippen molar-refractivity contribution in [2.24, 2.45) is 0 Å². The molecular formula is C21H27NO4. The van der Waals surface area contributed by atoms with Gasteiger partial charge in [0.15, 0.2) is 0 Å². The van der Waals surface area contributed by atoms with Crippen LogP contribution in [-0.4, -0.2) is 32.3 Å². The molecule has 5 heteroatoms. The predicted molar refractivity (Wildman–Crippen MR) is 102 cm³/mol. The second kappa shape index (κ2) is 10.3. The molecule has 2 aromatic rings. The molecule has 0 radical (unpaired) electrons. The predicted octanol–water partition coefficient (Wildman–Crippen LogP) is 3.75. The van der Waals surface area contributed by atoms with E-state index in [9.17, 15) is 4.79 Å². The van der Waals surface area contributed by atoms with E-state index in [-0.39, 0.29) is 11.9 Å². The molecule has 0 heterocycles. The first-order valence-electron chi connectivity index (χ1n) is 8.82. The first-order valence-corrected chi connectivity index (χ1v) is 8.82. The molecule has 1 N–H and O–H groups in total. The molecule has 0 unspecified atom stereocenters. The molecule has 0 aliphatic carbocycles. The number of amides is 1. The Morgan fingerprint density at radius 3 is 2.19 bits per heavy atom. The zero-order valence-electron chi connectivity index (χ0n) is 15.7. The van der Waals surface area contributed by atoms with Crippen molar-refractivity contribution in [1.29, 1.82) is 0 Å². The van der Waals surface area contributed by atoms with E-state index in [1.165, 1.54) is 5.56 Å². The molecule has 0 bridgehead atoms. The summed E-state index contributed by atoms with van der Waals surface area (Å²) in [5.74, 6) is 2.37. The van der Waals surface area contributed by atoms with Crippen molar-refractivity contribution in [2.45, 2.75) is 32.7 Å². The van der Waals surface area contributed by atoms with Gasteiger partial charge in [0.2, 0.25) is 5.91 Å². The zero-order valence-corrected chi connectivity index (χ0v) is 15.7. The number of methoxy groups -OCH3 is 1. The molecule has 0 spiro atoms. The summed E-state index contributed by atoms with van der Waals surface area (Å²) in [6.45, 7) is 4.90. The monoisotopic (exact) mass is 357 g/mol. The van der Waals surface area contributed by atoms with Crippen molar-refractivity contribution in [2.75, 3.05) is 20.3 Å². The third kappa shape index (κ3) is 7.05. The smallest absolute Gasteiger partial charge is 0.220 e. The van der Waals surface area contributed by atoms with Crippen molar-refractivity contribution >= 4 is 5.91 Å². The van der Waals surface area contributed by atoms with Crippen LogP contribution in [0.1, 0.15) is 25.3 Å². The minimum absolute atomic E-state index is 0.00309. The Bertz CT molecular complexity index is 667. The summed E-state index contributed by atoms with van der Waals surface area (Å²) in [6.07, 6.45) is 1.08. The summed E-state index contributed by atoms with van der Waals surface area (Å²) in [4.78, 5) is 12.0. The number of rotatable bonds is 10. The Labute approximate surface area is 155 Å². The van der Waals surface area contributed by atoms with Crippen LogP contribution in [0.25, 0.3) is 0 Å². The highest BCUT2D eigenvalue weighted by Gasteiger charge is 2.08. The molecule has 0 saturated carbocycles. The van der Waals surface area contributed by atoms with Crippen LogP contribution in [0.4, 0.5) is 0 Å². The van der Waals surface area contributed by atoms with Gasteiger partial charge in [-0.05, 0) is 56.7 Å². The third-order valence-corrected chi connectivity index (χ3v) is 3.80. The first kappa shape index (κ1) is 19.6. The Morgan fingerprint density at radius 1 is 0.962 bits per heavy atom. The van der Waals surface area contributed by atoms with E-state index in [4.69, 9.17) is 14.2 Å². The minimum atomic E-state index is -0.0497.